The summed E-state index contributed by atoms with van der Waals surface area (Å²) in [6.07, 6.45) is 1.20. The molecule has 2 aromatic carbocycles. The van der Waals surface area contributed by atoms with Crippen LogP contribution >= 0.6 is 0 Å². The molecule has 2 aromatic rings. The Balaban J connectivity index is 1.43. The smallest absolute Gasteiger partial charge is 0.227 e. The van der Waals surface area contributed by atoms with Gasteiger partial charge in [0.25, 0.3) is 0 Å². The summed E-state index contributed by atoms with van der Waals surface area (Å²) in [5.41, 5.74) is 1.33. The van der Waals surface area contributed by atoms with Gasteiger partial charge in [0.2, 0.25) is 5.91 Å². The molecular formula is C22H23FN2O3. The molecule has 0 N–H and O–H groups in total. The minimum Gasteiger partial charge on any atom is -0.493 e. The maximum atomic E-state index is 14.1. The molecule has 0 saturated carbocycles. The van der Waals surface area contributed by atoms with Crippen molar-refractivity contribution in [3.63, 3.8) is 0 Å². The molecule has 5 nitrogen and oxygen atoms in total. The van der Waals surface area contributed by atoms with Gasteiger partial charge in [0.1, 0.15) is 0 Å². The Morgan fingerprint density at radius 1 is 1.21 bits per heavy atom. The summed E-state index contributed by atoms with van der Waals surface area (Å²) in [7, 11) is 1.48. The lowest BCUT2D eigenvalue weighted by Crippen LogP contribution is -2.48. The molecule has 3 heterocycles. The van der Waals surface area contributed by atoms with Gasteiger partial charge in [-0.3, -0.25) is 9.69 Å². The van der Waals surface area contributed by atoms with Crippen molar-refractivity contribution in [1.29, 1.82) is 0 Å². The minimum absolute atomic E-state index is 0.0262. The predicted molar refractivity (Wildman–Crippen MR) is 101 cm³/mol. The zero-order valence-corrected chi connectivity index (χ0v) is 15.8. The van der Waals surface area contributed by atoms with E-state index in [1.54, 1.807) is 6.07 Å². The Kier molecular flexibility index (Phi) is 4.14. The second kappa shape index (κ2) is 6.57. The van der Waals surface area contributed by atoms with Gasteiger partial charge in [-0.1, -0.05) is 42.5 Å². The summed E-state index contributed by atoms with van der Waals surface area (Å²) in [6.45, 7) is 1.85. The highest BCUT2D eigenvalue weighted by Crippen LogP contribution is 2.52. The number of para-hydroxylation sites is 1. The van der Waals surface area contributed by atoms with Crippen LogP contribution in [0.1, 0.15) is 30.0 Å². The number of benzene rings is 2. The number of hydrogen-bond acceptors (Lipinski definition) is 4. The Bertz CT molecular complexity index is 906. The zero-order chi connectivity index (χ0) is 19.3. The number of nitrogens with zero attached hydrogens (tertiary/aromatic N) is 2. The van der Waals surface area contributed by atoms with E-state index in [1.807, 2.05) is 29.2 Å². The highest BCUT2D eigenvalue weighted by Gasteiger charge is 2.64. The molecule has 0 radical (unpaired) electrons. The van der Waals surface area contributed by atoms with E-state index in [0.29, 0.717) is 19.6 Å². The van der Waals surface area contributed by atoms with Gasteiger partial charge in [-0.25, -0.2) is 4.39 Å². The highest BCUT2D eigenvalue weighted by atomic mass is 19.1. The third kappa shape index (κ3) is 2.48. The Morgan fingerprint density at radius 2 is 2.04 bits per heavy atom. The summed E-state index contributed by atoms with van der Waals surface area (Å²) in [6, 6.07) is 15.0. The number of likely N-dealkylation sites (tertiary alicyclic amines) is 1. The van der Waals surface area contributed by atoms with Gasteiger partial charge < -0.3 is 14.4 Å². The molecule has 0 bridgehead atoms. The van der Waals surface area contributed by atoms with E-state index in [1.165, 1.54) is 13.2 Å². The van der Waals surface area contributed by atoms with Crippen LogP contribution in [0.5, 0.6) is 5.75 Å². The van der Waals surface area contributed by atoms with Gasteiger partial charge in [0, 0.05) is 31.5 Å². The monoisotopic (exact) mass is 382 g/mol. The van der Waals surface area contributed by atoms with Gasteiger partial charge in [-0.05, 0) is 11.6 Å². The van der Waals surface area contributed by atoms with Crippen molar-refractivity contribution < 1.29 is 18.7 Å². The fourth-order valence-corrected chi connectivity index (χ4v) is 5.16. The largest absolute Gasteiger partial charge is 0.493 e. The summed E-state index contributed by atoms with van der Waals surface area (Å²) in [5.74, 6) is 0.0469. The van der Waals surface area contributed by atoms with Crippen LogP contribution in [0.3, 0.4) is 0 Å². The standard InChI is InChI=1S/C22H23FN2O3/c1-27-21-16(8-5-9-17(21)23)13-24-11-10-22-19(24)12-20(26)25(22)18(14-28-22)15-6-3-2-4-7-15/h2-9,18-19H,10-14H2,1H3/t18-,19+,22-/m0/s1. The number of rotatable bonds is 4. The van der Waals surface area contributed by atoms with Crippen molar-refractivity contribution in [1.82, 2.24) is 9.80 Å². The molecule has 3 fully saturated rings. The molecule has 3 atom stereocenters. The summed E-state index contributed by atoms with van der Waals surface area (Å²) in [4.78, 5) is 17.2. The summed E-state index contributed by atoms with van der Waals surface area (Å²) in [5, 5.41) is 0. The maximum Gasteiger partial charge on any atom is 0.227 e. The predicted octanol–water partition coefficient (Wildman–Crippen LogP) is 3.11. The van der Waals surface area contributed by atoms with E-state index in [4.69, 9.17) is 9.47 Å². The van der Waals surface area contributed by atoms with Crippen molar-refractivity contribution in [2.45, 2.75) is 37.2 Å². The van der Waals surface area contributed by atoms with Gasteiger partial charge in [-0.15, -0.1) is 0 Å². The SMILES string of the molecule is COc1c(F)cccc1CN1CC[C@@]23OC[C@@H](c4ccccc4)N2C(=O)C[C@@H]13. The molecule has 28 heavy (non-hydrogen) atoms. The number of halogens is 1. The minimum atomic E-state index is -0.571. The lowest BCUT2D eigenvalue weighted by molar-refractivity contribution is -0.138. The number of carbonyl (C=O) groups excluding carboxylic acids is 1. The number of amides is 1. The Hall–Kier alpha value is -2.44. The van der Waals surface area contributed by atoms with Gasteiger partial charge in [0.05, 0.1) is 25.8 Å². The molecule has 146 valence electrons. The first-order valence-corrected chi connectivity index (χ1v) is 9.70. The van der Waals surface area contributed by atoms with Gasteiger partial charge in [0.15, 0.2) is 17.3 Å². The molecule has 0 unspecified atom stereocenters. The quantitative estimate of drug-likeness (QED) is 0.815. The number of ether oxygens (including phenoxy) is 2. The van der Waals surface area contributed by atoms with E-state index in [0.717, 1.165) is 24.1 Å². The summed E-state index contributed by atoms with van der Waals surface area (Å²) >= 11 is 0. The summed E-state index contributed by atoms with van der Waals surface area (Å²) < 4.78 is 25.7. The average molecular weight is 382 g/mol. The number of carbonyl (C=O) groups is 1. The molecular weight excluding hydrogens is 359 g/mol. The van der Waals surface area contributed by atoms with Crippen molar-refractivity contribution in [3.05, 3.63) is 65.5 Å². The third-order valence-corrected chi connectivity index (χ3v) is 6.38. The Morgan fingerprint density at radius 3 is 2.82 bits per heavy atom. The topological polar surface area (TPSA) is 42.0 Å². The molecule has 1 spiro atoms. The Labute approximate surface area is 163 Å². The molecule has 0 aliphatic carbocycles. The van der Waals surface area contributed by atoms with Crippen LogP contribution in [0, 0.1) is 5.82 Å². The average Bonchev–Trinajstić information content (AvgIpc) is 3.33. The van der Waals surface area contributed by atoms with Crippen LogP contribution in [-0.2, 0) is 16.1 Å². The van der Waals surface area contributed by atoms with Gasteiger partial charge in [-0.2, -0.15) is 0 Å². The van der Waals surface area contributed by atoms with Crippen LogP contribution in [0.2, 0.25) is 0 Å². The fraction of sp³-hybridized carbons (Fsp3) is 0.409. The van der Waals surface area contributed by atoms with Crippen molar-refractivity contribution in [2.24, 2.45) is 0 Å². The molecule has 3 aliphatic rings. The van der Waals surface area contributed by atoms with Crippen molar-refractivity contribution in [2.75, 3.05) is 20.3 Å². The molecule has 1 amide bonds. The van der Waals surface area contributed by atoms with Crippen LogP contribution in [0.25, 0.3) is 0 Å². The van der Waals surface area contributed by atoms with Crippen LogP contribution in [0.15, 0.2) is 48.5 Å². The van der Waals surface area contributed by atoms with E-state index in [-0.39, 0.29) is 29.6 Å². The van der Waals surface area contributed by atoms with Crippen LogP contribution < -0.4 is 4.74 Å². The first-order chi connectivity index (χ1) is 13.6. The second-order valence-electron chi connectivity index (χ2n) is 7.72. The molecule has 3 aliphatic heterocycles. The van der Waals surface area contributed by atoms with E-state index < -0.39 is 5.72 Å². The number of hydrogen-bond donors (Lipinski definition) is 0. The normalized spacial score (nSPS) is 29.2. The highest BCUT2D eigenvalue weighted by molar-refractivity contribution is 5.82. The second-order valence-corrected chi connectivity index (χ2v) is 7.72. The fourth-order valence-electron chi connectivity index (χ4n) is 5.16. The van der Waals surface area contributed by atoms with Crippen molar-refractivity contribution in [3.8, 4) is 5.75 Å². The van der Waals surface area contributed by atoms with Crippen molar-refractivity contribution >= 4 is 5.91 Å². The molecule has 6 heteroatoms. The maximum absolute atomic E-state index is 14.1. The molecule has 0 aromatic heterocycles. The zero-order valence-electron chi connectivity index (χ0n) is 15.8. The van der Waals surface area contributed by atoms with E-state index >= 15 is 0 Å². The lowest BCUT2D eigenvalue weighted by Gasteiger charge is -2.33. The van der Waals surface area contributed by atoms with Crippen LogP contribution in [-0.4, -0.2) is 47.7 Å². The number of methoxy groups -OCH3 is 1. The molecule has 5 rings (SSSR count). The van der Waals surface area contributed by atoms with Crippen LogP contribution in [0.4, 0.5) is 4.39 Å². The van der Waals surface area contributed by atoms with E-state index in [2.05, 4.69) is 17.0 Å². The molecule has 3 saturated heterocycles. The first-order valence-electron chi connectivity index (χ1n) is 9.70. The first kappa shape index (κ1) is 17.6. The third-order valence-electron chi connectivity index (χ3n) is 6.38. The van der Waals surface area contributed by atoms with E-state index in [9.17, 15) is 9.18 Å². The lowest BCUT2D eigenvalue weighted by atomic mass is 10.0. The van der Waals surface area contributed by atoms with Gasteiger partial charge >= 0.3 is 0 Å².